The Labute approximate surface area is 116 Å². The lowest BCUT2D eigenvalue weighted by Crippen LogP contribution is -2.00. The van der Waals surface area contributed by atoms with E-state index in [9.17, 15) is 0 Å². The predicted octanol–water partition coefficient (Wildman–Crippen LogP) is 2.85. The maximum absolute atomic E-state index is 4.34. The number of hydrogen-bond acceptors (Lipinski definition) is 4. The van der Waals surface area contributed by atoms with E-state index >= 15 is 0 Å². The van der Waals surface area contributed by atoms with Crippen molar-refractivity contribution in [2.24, 2.45) is 0 Å². The molecule has 0 atom stereocenters. The van der Waals surface area contributed by atoms with Crippen LogP contribution in [0.1, 0.15) is 37.3 Å². The van der Waals surface area contributed by atoms with Gasteiger partial charge in [-0.15, -0.1) is 0 Å². The molecule has 2 N–H and O–H groups in total. The third-order valence-corrected chi connectivity index (χ3v) is 3.95. The number of fused-ring (bicyclic) bond motifs is 1. The molecule has 1 fully saturated rings. The van der Waals surface area contributed by atoms with Crippen molar-refractivity contribution in [2.45, 2.75) is 31.6 Å². The highest BCUT2D eigenvalue weighted by Crippen LogP contribution is 2.33. The van der Waals surface area contributed by atoms with Gasteiger partial charge in [-0.3, -0.25) is 9.50 Å². The molecule has 6 nitrogen and oxygen atoms in total. The van der Waals surface area contributed by atoms with Gasteiger partial charge in [0.1, 0.15) is 5.65 Å². The van der Waals surface area contributed by atoms with E-state index in [1.165, 1.54) is 31.4 Å². The Morgan fingerprint density at radius 2 is 2.10 bits per heavy atom. The Balaban J connectivity index is 1.61. The Morgan fingerprint density at radius 3 is 3.00 bits per heavy atom. The van der Waals surface area contributed by atoms with E-state index < -0.39 is 0 Å². The minimum Gasteiger partial charge on any atom is -0.308 e. The van der Waals surface area contributed by atoms with Crippen molar-refractivity contribution in [2.75, 3.05) is 5.32 Å². The topological polar surface area (TPSA) is 70.9 Å². The fourth-order valence-electron chi connectivity index (χ4n) is 2.91. The quantitative estimate of drug-likeness (QED) is 0.766. The third-order valence-electron chi connectivity index (χ3n) is 3.95. The highest BCUT2D eigenvalue weighted by Gasteiger charge is 2.19. The van der Waals surface area contributed by atoms with Gasteiger partial charge in [0.05, 0.1) is 0 Å². The normalized spacial score (nSPS) is 16.0. The van der Waals surface area contributed by atoms with Gasteiger partial charge in [0.2, 0.25) is 5.95 Å². The zero-order chi connectivity index (χ0) is 13.4. The van der Waals surface area contributed by atoms with Crippen LogP contribution in [0.5, 0.6) is 0 Å². The van der Waals surface area contributed by atoms with Crippen LogP contribution in [0, 0.1) is 0 Å². The van der Waals surface area contributed by atoms with Crippen LogP contribution in [-0.4, -0.2) is 24.6 Å². The molecule has 1 saturated carbocycles. The van der Waals surface area contributed by atoms with Crippen LogP contribution >= 0.6 is 0 Å². The number of aromatic amines is 1. The summed E-state index contributed by atoms with van der Waals surface area (Å²) >= 11 is 0. The average molecular weight is 268 g/mol. The van der Waals surface area contributed by atoms with E-state index in [1.807, 2.05) is 16.7 Å². The number of nitrogens with zero attached hydrogens (tertiary/aromatic N) is 4. The van der Waals surface area contributed by atoms with Crippen molar-refractivity contribution < 1.29 is 0 Å². The molecule has 3 heterocycles. The van der Waals surface area contributed by atoms with Crippen LogP contribution in [0.25, 0.3) is 5.65 Å². The number of H-pyrrole nitrogens is 1. The van der Waals surface area contributed by atoms with E-state index in [2.05, 4.69) is 31.5 Å². The average Bonchev–Trinajstić information content (AvgIpc) is 3.20. The molecule has 4 rings (SSSR count). The minimum atomic E-state index is 0.634. The van der Waals surface area contributed by atoms with Crippen LogP contribution < -0.4 is 5.32 Å². The number of aromatic nitrogens is 5. The molecule has 1 aliphatic carbocycles. The Hall–Kier alpha value is -2.37. The van der Waals surface area contributed by atoms with Crippen LogP contribution in [0.2, 0.25) is 0 Å². The molecular formula is C14H16N6. The van der Waals surface area contributed by atoms with Gasteiger partial charge in [-0.1, -0.05) is 12.8 Å². The second kappa shape index (κ2) is 4.63. The fraction of sp³-hybridized carbons (Fsp3) is 0.357. The SMILES string of the molecule is c1cc2nccn2c(Nc2cc(C3CCCC3)[nH]n2)n1. The van der Waals surface area contributed by atoms with E-state index in [-0.39, 0.29) is 0 Å². The number of nitrogens with one attached hydrogen (secondary N) is 2. The standard InChI is InChI=1S/C14H16N6/c1-2-4-10(3-1)11-9-12(19-18-11)17-14-16-6-5-13-15-7-8-20(13)14/h5-10H,1-4H2,(H2,16,17,18,19). The van der Waals surface area contributed by atoms with Crippen molar-refractivity contribution >= 4 is 17.4 Å². The van der Waals surface area contributed by atoms with Gasteiger partial charge >= 0.3 is 0 Å². The van der Waals surface area contributed by atoms with E-state index in [0.717, 1.165) is 17.4 Å². The second-order valence-electron chi connectivity index (χ2n) is 5.24. The summed E-state index contributed by atoms with van der Waals surface area (Å²) < 4.78 is 1.91. The Bertz CT molecular complexity index is 722. The zero-order valence-corrected chi connectivity index (χ0v) is 11.1. The highest BCUT2D eigenvalue weighted by molar-refractivity contribution is 5.53. The second-order valence-corrected chi connectivity index (χ2v) is 5.24. The van der Waals surface area contributed by atoms with E-state index in [1.54, 1.807) is 12.4 Å². The summed E-state index contributed by atoms with van der Waals surface area (Å²) in [5.41, 5.74) is 2.09. The van der Waals surface area contributed by atoms with Gasteiger partial charge in [-0.2, -0.15) is 5.10 Å². The molecule has 3 aromatic heterocycles. The lowest BCUT2D eigenvalue weighted by Gasteiger charge is -2.05. The fourth-order valence-corrected chi connectivity index (χ4v) is 2.91. The van der Waals surface area contributed by atoms with Gasteiger partial charge in [-0.25, -0.2) is 9.97 Å². The van der Waals surface area contributed by atoms with E-state index in [0.29, 0.717) is 5.92 Å². The van der Waals surface area contributed by atoms with Gasteiger partial charge in [0, 0.05) is 36.3 Å². The predicted molar refractivity (Wildman–Crippen MR) is 76.1 cm³/mol. The van der Waals surface area contributed by atoms with Crippen molar-refractivity contribution in [3.8, 4) is 0 Å². The van der Waals surface area contributed by atoms with Gasteiger partial charge < -0.3 is 5.32 Å². The molecule has 0 unspecified atom stereocenters. The first kappa shape index (κ1) is 11.5. The number of anilines is 2. The first-order valence-electron chi connectivity index (χ1n) is 7.00. The Kier molecular flexibility index (Phi) is 2.65. The summed E-state index contributed by atoms with van der Waals surface area (Å²) in [6.07, 6.45) is 10.6. The van der Waals surface area contributed by atoms with Crippen LogP contribution in [0.4, 0.5) is 11.8 Å². The molecule has 0 amide bonds. The lowest BCUT2D eigenvalue weighted by atomic mass is 10.0. The number of hydrogen-bond donors (Lipinski definition) is 2. The van der Waals surface area contributed by atoms with Gasteiger partial charge in [-0.05, 0) is 18.9 Å². The van der Waals surface area contributed by atoms with Crippen LogP contribution in [-0.2, 0) is 0 Å². The molecule has 20 heavy (non-hydrogen) atoms. The number of rotatable bonds is 3. The van der Waals surface area contributed by atoms with Crippen molar-refractivity contribution in [1.82, 2.24) is 24.6 Å². The molecule has 3 aromatic rings. The van der Waals surface area contributed by atoms with Gasteiger partial charge in [0.25, 0.3) is 0 Å². The molecule has 0 radical (unpaired) electrons. The maximum Gasteiger partial charge on any atom is 0.214 e. The summed E-state index contributed by atoms with van der Waals surface area (Å²) in [5, 5.41) is 10.7. The smallest absolute Gasteiger partial charge is 0.214 e. The molecule has 0 saturated heterocycles. The molecule has 0 spiro atoms. The molecule has 0 aromatic carbocycles. The summed E-state index contributed by atoms with van der Waals surface area (Å²) in [5.74, 6) is 2.17. The molecule has 0 aliphatic heterocycles. The molecular weight excluding hydrogens is 252 g/mol. The summed E-state index contributed by atoms with van der Waals surface area (Å²) in [6.45, 7) is 0. The highest BCUT2D eigenvalue weighted by atomic mass is 15.3. The number of imidazole rings is 1. The summed E-state index contributed by atoms with van der Waals surface area (Å²) in [6, 6.07) is 3.97. The monoisotopic (exact) mass is 268 g/mol. The van der Waals surface area contributed by atoms with Crippen molar-refractivity contribution in [3.05, 3.63) is 36.4 Å². The van der Waals surface area contributed by atoms with Gasteiger partial charge in [0.15, 0.2) is 5.82 Å². The molecule has 6 heteroatoms. The minimum absolute atomic E-state index is 0.634. The summed E-state index contributed by atoms with van der Waals surface area (Å²) in [4.78, 5) is 8.58. The van der Waals surface area contributed by atoms with Crippen molar-refractivity contribution in [3.63, 3.8) is 0 Å². The van der Waals surface area contributed by atoms with E-state index in [4.69, 9.17) is 0 Å². The van der Waals surface area contributed by atoms with Crippen molar-refractivity contribution in [1.29, 1.82) is 0 Å². The first-order valence-corrected chi connectivity index (χ1v) is 7.00. The lowest BCUT2D eigenvalue weighted by molar-refractivity contribution is 0.693. The first-order chi connectivity index (χ1) is 9.90. The molecule has 0 bridgehead atoms. The molecule has 102 valence electrons. The Morgan fingerprint density at radius 1 is 1.20 bits per heavy atom. The zero-order valence-electron chi connectivity index (χ0n) is 11.1. The maximum atomic E-state index is 4.34. The summed E-state index contributed by atoms with van der Waals surface area (Å²) in [7, 11) is 0. The van der Waals surface area contributed by atoms with Crippen LogP contribution in [0.15, 0.2) is 30.7 Å². The largest absolute Gasteiger partial charge is 0.308 e. The third kappa shape index (κ3) is 1.93. The van der Waals surface area contributed by atoms with Crippen LogP contribution in [0.3, 0.4) is 0 Å². The molecule has 1 aliphatic rings.